The van der Waals surface area contributed by atoms with Crippen molar-refractivity contribution >= 4 is 6.09 Å². The lowest BCUT2D eigenvalue weighted by atomic mass is 10.2. The number of hydrogen-bond acceptors (Lipinski definition) is 3. The number of ether oxygens (including phenoxy) is 1. The molecule has 1 atom stereocenters. The fourth-order valence-electron chi connectivity index (χ4n) is 0.845. The normalized spacial score (nSPS) is 11.2. The molecule has 1 amide bonds. The van der Waals surface area contributed by atoms with Gasteiger partial charge in [-0.25, -0.2) is 4.79 Å². The predicted molar refractivity (Wildman–Crippen MR) is 48.2 cm³/mol. The van der Waals surface area contributed by atoms with E-state index in [2.05, 4.69) is 20.1 Å². The van der Waals surface area contributed by atoms with Crippen molar-refractivity contribution in [2.45, 2.75) is 25.8 Å². The Morgan fingerprint density at radius 1 is 1.77 bits per heavy atom. The van der Waals surface area contributed by atoms with Crippen molar-refractivity contribution in [1.29, 1.82) is 0 Å². The van der Waals surface area contributed by atoms with Crippen LogP contribution in [-0.4, -0.2) is 25.8 Å². The Kier molecular flexibility index (Phi) is 6.45. The summed E-state index contributed by atoms with van der Waals surface area (Å²) in [6.45, 7) is 2.33. The van der Waals surface area contributed by atoms with Crippen LogP contribution in [0, 0.1) is 0 Å². The zero-order chi connectivity index (χ0) is 10.1. The summed E-state index contributed by atoms with van der Waals surface area (Å²) in [6.07, 6.45) is 1.10. The van der Waals surface area contributed by atoms with Gasteiger partial charge in [0.2, 0.25) is 0 Å². The van der Waals surface area contributed by atoms with Crippen molar-refractivity contribution in [3.05, 3.63) is 10.4 Å². The van der Waals surface area contributed by atoms with Gasteiger partial charge in [-0.15, -0.1) is 0 Å². The summed E-state index contributed by atoms with van der Waals surface area (Å²) in [6, 6.07) is 0.0429. The smallest absolute Gasteiger partial charge is 0.407 e. The Labute approximate surface area is 76.9 Å². The van der Waals surface area contributed by atoms with Gasteiger partial charge in [-0.3, -0.25) is 0 Å². The first-order chi connectivity index (χ1) is 6.20. The lowest BCUT2D eigenvalue weighted by Gasteiger charge is -2.11. The van der Waals surface area contributed by atoms with Gasteiger partial charge in [-0.2, -0.15) is 0 Å². The van der Waals surface area contributed by atoms with Gasteiger partial charge in [-0.05, 0) is 25.3 Å². The third-order valence-electron chi connectivity index (χ3n) is 1.51. The van der Waals surface area contributed by atoms with E-state index in [0.717, 1.165) is 12.8 Å². The maximum Gasteiger partial charge on any atom is 0.407 e. The zero-order valence-electron chi connectivity index (χ0n) is 7.86. The van der Waals surface area contributed by atoms with Crippen LogP contribution in [-0.2, 0) is 4.74 Å². The molecule has 0 rings (SSSR count). The molecule has 0 spiro atoms. The van der Waals surface area contributed by atoms with Gasteiger partial charge >= 0.3 is 6.09 Å². The summed E-state index contributed by atoms with van der Waals surface area (Å²) in [5.74, 6) is 0. The quantitative estimate of drug-likeness (QED) is 0.307. The second kappa shape index (κ2) is 7.24. The van der Waals surface area contributed by atoms with Crippen LogP contribution < -0.4 is 5.32 Å². The molecule has 6 heteroatoms. The molecule has 0 aliphatic carbocycles. The molecule has 0 heterocycles. The molecule has 13 heavy (non-hydrogen) atoms. The van der Waals surface area contributed by atoms with E-state index in [-0.39, 0.29) is 6.04 Å². The molecule has 0 aromatic heterocycles. The van der Waals surface area contributed by atoms with Gasteiger partial charge in [0.1, 0.15) is 0 Å². The van der Waals surface area contributed by atoms with Crippen molar-refractivity contribution in [3.63, 3.8) is 0 Å². The zero-order valence-corrected chi connectivity index (χ0v) is 7.86. The van der Waals surface area contributed by atoms with Crippen molar-refractivity contribution in [2.24, 2.45) is 5.11 Å². The van der Waals surface area contributed by atoms with Crippen LogP contribution in [0.3, 0.4) is 0 Å². The topological polar surface area (TPSA) is 87.1 Å². The summed E-state index contributed by atoms with van der Waals surface area (Å²) >= 11 is 0. The lowest BCUT2D eigenvalue weighted by molar-refractivity contribution is 0.167. The van der Waals surface area contributed by atoms with Crippen molar-refractivity contribution in [2.75, 3.05) is 13.7 Å². The van der Waals surface area contributed by atoms with Crippen LogP contribution in [0.2, 0.25) is 0 Å². The third kappa shape index (κ3) is 6.96. The number of rotatable bonds is 5. The second-order valence-electron chi connectivity index (χ2n) is 2.63. The van der Waals surface area contributed by atoms with E-state index in [0.29, 0.717) is 6.54 Å². The monoisotopic (exact) mass is 186 g/mol. The highest BCUT2D eigenvalue weighted by Crippen LogP contribution is 1.97. The standard InChI is InChI=1S/C7H14N4O2/c1-6(10-7(12)13-2)4-3-5-9-11-8/h6H,3-5H2,1-2H3,(H,10,12). The van der Waals surface area contributed by atoms with Gasteiger partial charge < -0.3 is 10.1 Å². The first-order valence-electron chi connectivity index (χ1n) is 4.06. The number of methoxy groups -OCH3 is 1. The maximum atomic E-state index is 10.7. The van der Waals surface area contributed by atoms with Gasteiger partial charge in [-0.1, -0.05) is 5.11 Å². The highest BCUT2D eigenvalue weighted by molar-refractivity contribution is 5.67. The number of nitrogens with one attached hydrogen (secondary N) is 1. The number of hydrogen-bond donors (Lipinski definition) is 1. The van der Waals surface area contributed by atoms with E-state index in [1.807, 2.05) is 6.92 Å². The lowest BCUT2D eigenvalue weighted by Crippen LogP contribution is -2.32. The molecule has 0 aliphatic rings. The second-order valence-corrected chi connectivity index (χ2v) is 2.63. The van der Waals surface area contributed by atoms with Crippen molar-refractivity contribution in [1.82, 2.24) is 5.32 Å². The molecule has 0 aliphatic heterocycles. The van der Waals surface area contributed by atoms with Crippen LogP contribution in [0.15, 0.2) is 5.11 Å². The Bertz CT molecular complexity index is 201. The number of azide groups is 1. The van der Waals surface area contributed by atoms with Gasteiger partial charge in [0.25, 0.3) is 0 Å². The molecular formula is C7H14N4O2. The number of carbonyl (C=O) groups excluding carboxylic acids is 1. The Hall–Kier alpha value is -1.42. The van der Waals surface area contributed by atoms with Crippen molar-refractivity contribution < 1.29 is 9.53 Å². The van der Waals surface area contributed by atoms with Gasteiger partial charge in [0.15, 0.2) is 0 Å². The van der Waals surface area contributed by atoms with Crippen molar-refractivity contribution in [3.8, 4) is 0 Å². The molecule has 0 saturated heterocycles. The van der Waals surface area contributed by atoms with Crippen LogP contribution in [0.1, 0.15) is 19.8 Å². The predicted octanol–water partition coefficient (Wildman–Crippen LogP) is 1.82. The Balaban J connectivity index is 3.45. The molecule has 0 radical (unpaired) electrons. The average Bonchev–Trinajstić information content (AvgIpc) is 2.12. The SMILES string of the molecule is COC(=O)NC(C)CCCN=[N+]=[N-]. The Morgan fingerprint density at radius 2 is 2.46 bits per heavy atom. The fourth-order valence-corrected chi connectivity index (χ4v) is 0.845. The minimum absolute atomic E-state index is 0.0429. The van der Waals surface area contributed by atoms with Crippen LogP contribution in [0.25, 0.3) is 10.4 Å². The summed E-state index contributed by atoms with van der Waals surface area (Å²) in [4.78, 5) is 13.3. The van der Waals surface area contributed by atoms with E-state index >= 15 is 0 Å². The minimum atomic E-state index is -0.434. The summed E-state index contributed by atoms with van der Waals surface area (Å²) in [5, 5.41) is 5.99. The van der Waals surface area contributed by atoms with E-state index in [1.165, 1.54) is 7.11 Å². The molecule has 6 nitrogen and oxygen atoms in total. The minimum Gasteiger partial charge on any atom is -0.453 e. The molecule has 1 N–H and O–H groups in total. The molecule has 0 bridgehead atoms. The summed E-state index contributed by atoms with van der Waals surface area (Å²) in [5.41, 5.74) is 7.98. The van der Waals surface area contributed by atoms with Crippen LogP contribution in [0.4, 0.5) is 4.79 Å². The third-order valence-corrected chi connectivity index (χ3v) is 1.51. The molecule has 0 saturated carbocycles. The van der Waals surface area contributed by atoms with E-state index in [4.69, 9.17) is 5.53 Å². The molecule has 74 valence electrons. The first kappa shape index (κ1) is 11.6. The average molecular weight is 186 g/mol. The molecule has 0 aromatic carbocycles. The van der Waals surface area contributed by atoms with E-state index in [1.54, 1.807) is 0 Å². The van der Waals surface area contributed by atoms with E-state index in [9.17, 15) is 4.79 Å². The molecule has 0 fully saturated rings. The highest BCUT2D eigenvalue weighted by atomic mass is 16.5. The summed E-state index contributed by atoms with van der Waals surface area (Å²) < 4.78 is 4.42. The number of carbonyl (C=O) groups is 1. The van der Waals surface area contributed by atoms with Crippen LogP contribution >= 0.6 is 0 Å². The first-order valence-corrected chi connectivity index (χ1v) is 4.06. The fraction of sp³-hybridized carbons (Fsp3) is 0.857. The maximum absolute atomic E-state index is 10.7. The number of nitrogens with zero attached hydrogens (tertiary/aromatic N) is 3. The molecular weight excluding hydrogens is 172 g/mol. The summed E-state index contributed by atoms with van der Waals surface area (Å²) in [7, 11) is 1.32. The molecule has 0 aromatic rings. The largest absolute Gasteiger partial charge is 0.453 e. The molecule has 1 unspecified atom stereocenters. The Morgan fingerprint density at radius 3 is 3.00 bits per heavy atom. The highest BCUT2D eigenvalue weighted by Gasteiger charge is 2.05. The number of alkyl carbamates (subject to hydrolysis) is 1. The van der Waals surface area contributed by atoms with Gasteiger partial charge in [0, 0.05) is 17.5 Å². The number of amides is 1. The van der Waals surface area contributed by atoms with E-state index < -0.39 is 6.09 Å². The van der Waals surface area contributed by atoms with Crippen LogP contribution in [0.5, 0.6) is 0 Å². The van der Waals surface area contributed by atoms with Gasteiger partial charge in [0.05, 0.1) is 7.11 Å².